The van der Waals surface area contributed by atoms with E-state index in [2.05, 4.69) is 0 Å². The molecule has 1 saturated heterocycles. The molecule has 1 heterocycles. The Kier molecular flexibility index (Phi) is 5.69. The molecule has 0 atom stereocenters. The summed E-state index contributed by atoms with van der Waals surface area (Å²) in [5, 5.41) is 0.392. The standard InChI is InChI=1S/C18H18ClF3N2O2S/c19-17-7-2-1-4-14(17)13-27(25,26)24-10-8-23(9-11-24)16-6-3-5-15(12-16)18(20,21)22/h1-7,12H,8-11,13H2. The highest BCUT2D eigenvalue weighted by Gasteiger charge is 2.32. The van der Waals surface area contributed by atoms with Gasteiger partial charge in [-0.2, -0.15) is 17.5 Å². The number of anilines is 1. The summed E-state index contributed by atoms with van der Waals surface area (Å²) in [6.45, 7) is 1.07. The van der Waals surface area contributed by atoms with Crippen LogP contribution in [0.3, 0.4) is 0 Å². The van der Waals surface area contributed by atoms with Gasteiger partial charge in [-0.15, -0.1) is 0 Å². The molecule has 0 saturated carbocycles. The fourth-order valence-electron chi connectivity index (χ4n) is 3.01. The third-order valence-corrected chi connectivity index (χ3v) is 6.66. The van der Waals surface area contributed by atoms with Gasteiger partial charge in [-0.3, -0.25) is 0 Å². The number of alkyl halides is 3. The third kappa shape index (κ3) is 4.75. The summed E-state index contributed by atoms with van der Waals surface area (Å²) in [6, 6.07) is 11.8. The molecule has 1 aliphatic heterocycles. The molecule has 1 fully saturated rings. The lowest BCUT2D eigenvalue weighted by atomic mass is 10.1. The van der Waals surface area contributed by atoms with Gasteiger partial charge in [0.15, 0.2) is 0 Å². The molecular formula is C18H18ClF3N2O2S. The maximum atomic E-state index is 12.9. The molecule has 0 bridgehead atoms. The normalized spacial score (nSPS) is 16.5. The monoisotopic (exact) mass is 418 g/mol. The quantitative estimate of drug-likeness (QED) is 0.753. The van der Waals surface area contributed by atoms with Gasteiger partial charge in [0.1, 0.15) is 0 Å². The topological polar surface area (TPSA) is 40.6 Å². The van der Waals surface area contributed by atoms with E-state index in [4.69, 9.17) is 11.6 Å². The minimum absolute atomic E-state index is 0.198. The van der Waals surface area contributed by atoms with E-state index in [-0.39, 0.29) is 18.8 Å². The van der Waals surface area contributed by atoms with Crippen molar-refractivity contribution in [3.63, 3.8) is 0 Å². The minimum Gasteiger partial charge on any atom is -0.369 e. The van der Waals surface area contributed by atoms with Crippen molar-refractivity contribution in [2.24, 2.45) is 0 Å². The molecule has 0 amide bonds. The first kappa shape index (κ1) is 20.0. The van der Waals surface area contributed by atoms with Crippen LogP contribution in [0, 0.1) is 0 Å². The molecule has 2 aromatic rings. The number of benzene rings is 2. The van der Waals surface area contributed by atoms with Gasteiger partial charge in [0.25, 0.3) is 0 Å². The Morgan fingerprint density at radius 2 is 1.63 bits per heavy atom. The highest BCUT2D eigenvalue weighted by atomic mass is 35.5. The van der Waals surface area contributed by atoms with Crippen LogP contribution < -0.4 is 4.90 Å². The van der Waals surface area contributed by atoms with E-state index in [9.17, 15) is 21.6 Å². The van der Waals surface area contributed by atoms with Gasteiger partial charge in [-0.05, 0) is 29.8 Å². The van der Waals surface area contributed by atoms with Crippen LogP contribution in [0.2, 0.25) is 5.02 Å². The van der Waals surface area contributed by atoms with Crippen LogP contribution in [0.1, 0.15) is 11.1 Å². The number of hydrogen-bond acceptors (Lipinski definition) is 3. The van der Waals surface area contributed by atoms with Gasteiger partial charge < -0.3 is 4.90 Å². The van der Waals surface area contributed by atoms with E-state index in [0.717, 1.165) is 12.1 Å². The van der Waals surface area contributed by atoms with Gasteiger partial charge in [0, 0.05) is 36.9 Å². The summed E-state index contributed by atoms with van der Waals surface area (Å²) < 4.78 is 65.3. The first-order valence-electron chi connectivity index (χ1n) is 8.30. The van der Waals surface area contributed by atoms with Crippen molar-refractivity contribution in [2.75, 3.05) is 31.1 Å². The average molecular weight is 419 g/mol. The number of sulfonamides is 1. The summed E-state index contributed by atoms with van der Waals surface area (Å²) in [5.74, 6) is -0.198. The minimum atomic E-state index is -4.41. The zero-order valence-electron chi connectivity index (χ0n) is 14.3. The van der Waals surface area contributed by atoms with Crippen molar-refractivity contribution >= 4 is 27.3 Å². The van der Waals surface area contributed by atoms with E-state index >= 15 is 0 Å². The molecule has 0 unspecified atom stereocenters. The summed E-state index contributed by atoms with van der Waals surface area (Å²) in [7, 11) is -3.55. The van der Waals surface area contributed by atoms with Gasteiger partial charge >= 0.3 is 6.18 Å². The lowest BCUT2D eigenvalue weighted by Crippen LogP contribution is -2.49. The highest BCUT2D eigenvalue weighted by Crippen LogP contribution is 2.32. The maximum Gasteiger partial charge on any atom is 0.416 e. The molecule has 27 heavy (non-hydrogen) atoms. The second-order valence-corrected chi connectivity index (χ2v) is 8.66. The predicted molar refractivity (Wildman–Crippen MR) is 99.3 cm³/mol. The summed E-state index contributed by atoms with van der Waals surface area (Å²) in [5.41, 5.74) is 0.251. The van der Waals surface area contributed by atoms with Crippen molar-refractivity contribution in [1.29, 1.82) is 0 Å². The average Bonchev–Trinajstić information content (AvgIpc) is 2.63. The molecule has 0 aromatic heterocycles. The lowest BCUT2D eigenvalue weighted by Gasteiger charge is -2.35. The fraction of sp³-hybridized carbons (Fsp3) is 0.333. The van der Waals surface area contributed by atoms with E-state index < -0.39 is 21.8 Å². The number of piperazine rings is 1. The zero-order chi connectivity index (χ0) is 19.7. The van der Waals surface area contributed by atoms with Crippen LogP contribution in [0.25, 0.3) is 0 Å². The number of nitrogens with zero attached hydrogens (tertiary/aromatic N) is 2. The van der Waals surface area contributed by atoms with Crippen LogP contribution in [0.4, 0.5) is 18.9 Å². The molecule has 9 heteroatoms. The van der Waals surface area contributed by atoms with Crippen LogP contribution in [0.15, 0.2) is 48.5 Å². The largest absolute Gasteiger partial charge is 0.416 e. The summed E-state index contributed by atoms with van der Waals surface area (Å²) in [6.07, 6.45) is -4.41. The highest BCUT2D eigenvalue weighted by molar-refractivity contribution is 7.88. The van der Waals surface area contributed by atoms with E-state index in [1.807, 2.05) is 0 Å². The van der Waals surface area contributed by atoms with Crippen LogP contribution >= 0.6 is 11.6 Å². The number of halogens is 4. The molecule has 2 aromatic carbocycles. The fourth-order valence-corrected chi connectivity index (χ4v) is 4.84. The van der Waals surface area contributed by atoms with Crippen molar-refractivity contribution in [3.05, 3.63) is 64.7 Å². The summed E-state index contributed by atoms with van der Waals surface area (Å²) in [4.78, 5) is 1.76. The maximum absolute atomic E-state index is 12.9. The van der Waals surface area contributed by atoms with Crippen molar-refractivity contribution < 1.29 is 21.6 Å². The SMILES string of the molecule is O=S(=O)(Cc1ccccc1Cl)N1CCN(c2cccc(C(F)(F)F)c2)CC1. The Morgan fingerprint density at radius 3 is 2.26 bits per heavy atom. The Hall–Kier alpha value is -1.77. The Morgan fingerprint density at radius 1 is 0.963 bits per heavy atom. The van der Waals surface area contributed by atoms with E-state index in [1.165, 1.54) is 10.4 Å². The molecular weight excluding hydrogens is 401 g/mol. The molecule has 146 valence electrons. The van der Waals surface area contributed by atoms with Crippen molar-refractivity contribution in [2.45, 2.75) is 11.9 Å². The van der Waals surface area contributed by atoms with Gasteiger partial charge in [-0.25, -0.2) is 8.42 Å². The van der Waals surface area contributed by atoms with Crippen LogP contribution in [0.5, 0.6) is 0 Å². The lowest BCUT2D eigenvalue weighted by molar-refractivity contribution is -0.137. The molecule has 3 rings (SSSR count). The first-order valence-corrected chi connectivity index (χ1v) is 10.3. The third-order valence-electron chi connectivity index (χ3n) is 4.47. The molecule has 1 aliphatic rings. The molecule has 0 radical (unpaired) electrons. The summed E-state index contributed by atoms with van der Waals surface area (Å²) >= 11 is 6.04. The molecule has 0 spiro atoms. The van der Waals surface area contributed by atoms with Crippen LogP contribution in [-0.4, -0.2) is 38.9 Å². The molecule has 0 N–H and O–H groups in total. The van der Waals surface area contributed by atoms with Crippen molar-refractivity contribution in [1.82, 2.24) is 4.31 Å². The Labute approximate surface area is 161 Å². The Bertz CT molecular complexity index is 911. The molecule has 0 aliphatic carbocycles. The number of hydrogen-bond donors (Lipinski definition) is 0. The van der Waals surface area contributed by atoms with Gasteiger partial charge in [-0.1, -0.05) is 35.9 Å². The first-order chi connectivity index (χ1) is 12.7. The predicted octanol–water partition coefficient (Wildman–Crippen LogP) is 4.01. The van der Waals surface area contributed by atoms with Crippen molar-refractivity contribution in [3.8, 4) is 0 Å². The smallest absolute Gasteiger partial charge is 0.369 e. The zero-order valence-corrected chi connectivity index (χ0v) is 15.9. The second kappa shape index (κ2) is 7.69. The number of rotatable bonds is 4. The van der Waals surface area contributed by atoms with E-state index in [1.54, 1.807) is 35.2 Å². The second-order valence-electron chi connectivity index (χ2n) is 6.28. The molecule has 4 nitrogen and oxygen atoms in total. The van der Waals surface area contributed by atoms with Crippen LogP contribution in [-0.2, 0) is 22.0 Å². The Balaban J connectivity index is 1.67. The van der Waals surface area contributed by atoms with Gasteiger partial charge in [0.2, 0.25) is 10.0 Å². The van der Waals surface area contributed by atoms with E-state index in [0.29, 0.717) is 29.4 Å². The van der Waals surface area contributed by atoms with Gasteiger partial charge in [0.05, 0.1) is 11.3 Å².